The smallest absolute Gasteiger partial charge is 0.548 e. The molecule has 0 aromatic rings. The van der Waals surface area contributed by atoms with Gasteiger partial charge in [0.2, 0.25) is 5.91 Å². The molecule has 1 unspecified atom stereocenters. The van der Waals surface area contributed by atoms with Crippen LogP contribution in [0.3, 0.4) is 0 Å². The summed E-state index contributed by atoms with van der Waals surface area (Å²) < 4.78 is 0. The van der Waals surface area contributed by atoms with Crippen molar-refractivity contribution >= 4 is 11.9 Å². The Hall–Kier alpha value is -0.0600. The summed E-state index contributed by atoms with van der Waals surface area (Å²) in [4.78, 5) is 22.6. The molecule has 0 aliphatic heterocycles. The maximum absolute atomic E-state index is 11.8. The van der Waals surface area contributed by atoms with Crippen LogP contribution in [0.1, 0.15) is 78.6 Å². The zero-order chi connectivity index (χ0) is 15.4. The van der Waals surface area contributed by atoms with Gasteiger partial charge in [-0.25, -0.2) is 0 Å². The van der Waals surface area contributed by atoms with Gasteiger partial charge in [-0.15, -0.1) is 0 Å². The molecule has 0 aromatic heterocycles. The third kappa shape index (κ3) is 12.2. The second-order valence-electron chi connectivity index (χ2n) is 5.60. The molecule has 118 valence electrons. The average Bonchev–Trinajstić information content (AvgIpc) is 2.42. The van der Waals surface area contributed by atoms with E-state index >= 15 is 0 Å². The van der Waals surface area contributed by atoms with Crippen molar-refractivity contribution in [2.24, 2.45) is 5.92 Å². The van der Waals surface area contributed by atoms with Crippen LogP contribution in [-0.4, -0.2) is 17.9 Å². The first-order valence-corrected chi connectivity index (χ1v) is 8.04. The summed E-state index contributed by atoms with van der Waals surface area (Å²) in [6.07, 6.45) is 9.73. The number of hydrogen-bond donors (Lipinski definition) is 1. The maximum Gasteiger partial charge on any atom is 1.00 e. The number of nitrogens with one attached hydrogen (secondary N) is 1. The molecule has 0 heterocycles. The zero-order valence-corrected chi connectivity index (χ0v) is 16.2. The Morgan fingerprint density at radius 1 is 1.00 bits per heavy atom. The van der Waals surface area contributed by atoms with Crippen molar-refractivity contribution in [1.29, 1.82) is 0 Å². The molecule has 5 heteroatoms. The number of carboxylic acid groups (broad SMARTS) is 1. The third-order valence-corrected chi connectivity index (χ3v) is 3.70. The van der Waals surface area contributed by atoms with Gasteiger partial charge in [0.05, 0.1) is 12.0 Å². The van der Waals surface area contributed by atoms with Crippen molar-refractivity contribution < 1.29 is 44.3 Å². The minimum absolute atomic E-state index is 0. The van der Waals surface area contributed by atoms with E-state index in [0.29, 0.717) is 6.42 Å². The molecule has 0 rings (SSSR count). The molecule has 1 amide bonds. The Morgan fingerprint density at radius 3 is 2.00 bits per heavy atom. The van der Waals surface area contributed by atoms with E-state index in [2.05, 4.69) is 12.2 Å². The molecule has 0 fully saturated rings. The first-order chi connectivity index (χ1) is 9.52. The van der Waals surface area contributed by atoms with Crippen LogP contribution in [0.5, 0.6) is 0 Å². The predicted octanol–water partition coefficient (Wildman–Crippen LogP) is -0.588. The summed E-state index contributed by atoms with van der Waals surface area (Å²) >= 11 is 0. The fourth-order valence-electron chi connectivity index (χ4n) is 2.18. The van der Waals surface area contributed by atoms with Gasteiger partial charge >= 0.3 is 29.6 Å². The fraction of sp³-hybridized carbons (Fsp3) is 0.875. The number of carboxylic acids is 1. The standard InChI is InChI=1S/C16H31NO3.Na/c1-4-6-7-8-9-10-11-12-13(3)15(18)17-14(5-2)16(19)20;/h13-14H,4-12H2,1-3H3,(H,17,18)(H,19,20);/q;+1/p-1/t13?,14-;/m0./s1. The van der Waals surface area contributed by atoms with Crippen molar-refractivity contribution in [2.75, 3.05) is 0 Å². The molecule has 0 aliphatic rings. The molecule has 0 saturated carbocycles. The molecular formula is C16H30NNaO3. The zero-order valence-electron chi connectivity index (χ0n) is 14.2. The molecule has 21 heavy (non-hydrogen) atoms. The van der Waals surface area contributed by atoms with Crippen LogP contribution in [0.15, 0.2) is 0 Å². The second kappa shape index (κ2) is 14.9. The van der Waals surface area contributed by atoms with Gasteiger partial charge < -0.3 is 15.2 Å². The van der Waals surface area contributed by atoms with E-state index in [4.69, 9.17) is 0 Å². The number of amides is 1. The molecule has 0 aliphatic carbocycles. The minimum atomic E-state index is -1.20. The topological polar surface area (TPSA) is 69.2 Å². The van der Waals surface area contributed by atoms with E-state index in [9.17, 15) is 14.7 Å². The molecule has 2 atom stereocenters. The molecule has 0 saturated heterocycles. The third-order valence-electron chi connectivity index (χ3n) is 3.70. The summed E-state index contributed by atoms with van der Waals surface area (Å²) in [6.45, 7) is 5.78. The van der Waals surface area contributed by atoms with Crippen LogP contribution in [0.2, 0.25) is 0 Å². The molecule has 4 nitrogen and oxygen atoms in total. The Labute approximate surface area is 151 Å². The van der Waals surface area contributed by atoms with Gasteiger partial charge in [-0.05, 0) is 12.8 Å². The first kappa shape index (κ1) is 23.2. The summed E-state index contributed by atoms with van der Waals surface area (Å²) in [6, 6.07) is -0.862. The number of unbranched alkanes of at least 4 members (excludes halogenated alkanes) is 6. The van der Waals surface area contributed by atoms with Gasteiger partial charge in [0.25, 0.3) is 0 Å². The first-order valence-electron chi connectivity index (χ1n) is 8.04. The van der Waals surface area contributed by atoms with E-state index in [-0.39, 0.29) is 41.4 Å². The molecule has 0 aromatic carbocycles. The molecular weight excluding hydrogens is 277 g/mol. The number of aliphatic carboxylic acids is 1. The van der Waals surface area contributed by atoms with Gasteiger partial charge in [0.15, 0.2) is 0 Å². The number of hydrogen-bond acceptors (Lipinski definition) is 3. The Morgan fingerprint density at radius 2 is 1.52 bits per heavy atom. The summed E-state index contributed by atoms with van der Waals surface area (Å²) in [5, 5.41) is 13.3. The van der Waals surface area contributed by atoms with Gasteiger partial charge in [-0.1, -0.05) is 65.7 Å². The maximum atomic E-state index is 11.8. The van der Waals surface area contributed by atoms with Crippen LogP contribution in [0.4, 0.5) is 0 Å². The second-order valence-corrected chi connectivity index (χ2v) is 5.60. The summed E-state index contributed by atoms with van der Waals surface area (Å²) in [5.41, 5.74) is 0. The fourth-order valence-corrected chi connectivity index (χ4v) is 2.18. The van der Waals surface area contributed by atoms with Crippen LogP contribution < -0.4 is 40.0 Å². The Bertz CT molecular complexity index is 285. The van der Waals surface area contributed by atoms with E-state index < -0.39 is 12.0 Å². The van der Waals surface area contributed by atoms with E-state index in [1.807, 2.05) is 6.92 Å². The SMILES string of the molecule is CCCCCCCCCC(C)C(=O)N[C@@H](CC)C(=O)[O-].[Na+]. The van der Waals surface area contributed by atoms with Crippen LogP contribution in [0.25, 0.3) is 0 Å². The molecule has 0 spiro atoms. The van der Waals surface area contributed by atoms with E-state index in [1.54, 1.807) is 6.92 Å². The summed E-state index contributed by atoms with van der Waals surface area (Å²) in [5.74, 6) is -1.50. The van der Waals surface area contributed by atoms with Gasteiger partial charge in [-0.2, -0.15) is 0 Å². The largest absolute Gasteiger partial charge is 1.00 e. The summed E-state index contributed by atoms with van der Waals surface area (Å²) in [7, 11) is 0. The van der Waals surface area contributed by atoms with Crippen LogP contribution in [0, 0.1) is 5.92 Å². The van der Waals surface area contributed by atoms with Crippen molar-refractivity contribution in [1.82, 2.24) is 5.32 Å². The molecule has 0 bridgehead atoms. The van der Waals surface area contributed by atoms with Crippen molar-refractivity contribution in [3.05, 3.63) is 0 Å². The Kier molecular flexibility index (Phi) is 16.4. The van der Waals surface area contributed by atoms with Crippen LogP contribution >= 0.6 is 0 Å². The van der Waals surface area contributed by atoms with Crippen molar-refractivity contribution in [2.45, 2.75) is 84.6 Å². The quantitative estimate of drug-likeness (QED) is 0.387. The predicted molar refractivity (Wildman–Crippen MR) is 79.0 cm³/mol. The monoisotopic (exact) mass is 307 g/mol. The number of carbonyl (C=O) groups excluding carboxylic acids is 2. The average molecular weight is 307 g/mol. The minimum Gasteiger partial charge on any atom is -0.548 e. The van der Waals surface area contributed by atoms with E-state index in [1.165, 1.54) is 32.1 Å². The normalized spacial score (nSPS) is 13.1. The van der Waals surface area contributed by atoms with E-state index in [0.717, 1.165) is 19.3 Å². The van der Waals surface area contributed by atoms with Crippen LogP contribution in [-0.2, 0) is 9.59 Å². The Balaban J connectivity index is 0. The molecule has 1 N–H and O–H groups in total. The number of rotatable bonds is 12. The van der Waals surface area contributed by atoms with Gasteiger partial charge in [0, 0.05) is 5.92 Å². The number of carbonyl (C=O) groups is 2. The van der Waals surface area contributed by atoms with Gasteiger partial charge in [-0.3, -0.25) is 4.79 Å². The van der Waals surface area contributed by atoms with Crippen molar-refractivity contribution in [3.8, 4) is 0 Å². The van der Waals surface area contributed by atoms with Gasteiger partial charge in [0.1, 0.15) is 0 Å². The molecule has 0 radical (unpaired) electrons. The van der Waals surface area contributed by atoms with Crippen molar-refractivity contribution in [3.63, 3.8) is 0 Å².